The van der Waals surface area contributed by atoms with Crippen molar-refractivity contribution in [2.75, 3.05) is 13.2 Å². The van der Waals surface area contributed by atoms with Crippen LogP contribution >= 0.6 is 0 Å². The van der Waals surface area contributed by atoms with E-state index in [1.54, 1.807) is 24.4 Å². The molecule has 0 aromatic carbocycles. The highest BCUT2D eigenvalue weighted by molar-refractivity contribution is 5.91. The van der Waals surface area contributed by atoms with Crippen LogP contribution in [0.25, 0.3) is 0 Å². The Morgan fingerprint density at radius 3 is 3.13 bits per heavy atom. The summed E-state index contributed by atoms with van der Waals surface area (Å²) >= 11 is 0. The van der Waals surface area contributed by atoms with Crippen molar-refractivity contribution in [2.45, 2.75) is 12.5 Å². The Labute approximate surface area is 87.8 Å². The van der Waals surface area contributed by atoms with Crippen LogP contribution in [-0.4, -0.2) is 30.1 Å². The van der Waals surface area contributed by atoms with Crippen LogP contribution in [0.4, 0.5) is 0 Å². The normalized spacial score (nSPS) is 20.1. The monoisotopic (exact) mass is 207 g/mol. The molecule has 0 bridgehead atoms. The Balaban J connectivity index is 1.82. The number of ether oxygens (including phenoxy) is 1. The van der Waals surface area contributed by atoms with Crippen LogP contribution in [0.15, 0.2) is 24.4 Å². The van der Waals surface area contributed by atoms with E-state index in [0.717, 1.165) is 13.0 Å². The van der Waals surface area contributed by atoms with E-state index >= 15 is 0 Å². The molecule has 5 heteroatoms. The van der Waals surface area contributed by atoms with E-state index in [0.29, 0.717) is 12.3 Å². The van der Waals surface area contributed by atoms with Gasteiger partial charge >= 0.3 is 0 Å². The third-order valence-electron chi connectivity index (χ3n) is 2.22. The van der Waals surface area contributed by atoms with E-state index < -0.39 is 0 Å². The van der Waals surface area contributed by atoms with Crippen molar-refractivity contribution < 1.29 is 9.53 Å². The fourth-order valence-electron chi connectivity index (χ4n) is 1.38. The van der Waals surface area contributed by atoms with Crippen molar-refractivity contribution in [1.82, 2.24) is 15.8 Å². The molecular formula is C10H13N3O2. The highest BCUT2D eigenvalue weighted by Crippen LogP contribution is 2.01. The highest BCUT2D eigenvalue weighted by Gasteiger charge is 2.16. The molecule has 1 aromatic heterocycles. The van der Waals surface area contributed by atoms with Gasteiger partial charge in [-0.15, -0.1) is 0 Å². The first kappa shape index (κ1) is 10.1. The first-order chi connectivity index (χ1) is 7.36. The second-order valence-corrected chi connectivity index (χ2v) is 3.37. The summed E-state index contributed by atoms with van der Waals surface area (Å²) in [5, 5.41) is 0. The molecule has 2 N–H and O–H groups in total. The zero-order valence-corrected chi connectivity index (χ0v) is 8.27. The number of hydrazine groups is 1. The van der Waals surface area contributed by atoms with E-state index in [-0.39, 0.29) is 11.9 Å². The van der Waals surface area contributed by atoms with Crippen LogP contribution in [0.3, 0.4) is 0 Å². The quantitative estimate of drug-likeness (QED) is 0.690. The van der Waals surface area contributed by atoms with E-state index in [2.05, 4.69) is 15.8 Å². The average Bonchev–Trinajstić information content (AvgIpc) is 2.80. The van der Waals surface area contributed by atoms with E-state index in [4.69, 9.17) is 4.74 Å². The van der Waals surface area contributed by atoms with Crippen molar-refractivity contribution in [3.63, 3.8) is 0 Å². The molecule has 2 heterocycles. The highest BCUT2D eigenvalue weighted by atomic mass is 16.5. The van der Waals surface area contributed by atoms with Crippen molar-refractivity contribution in [1.29, 1.82) is 0 Å². The number of pyridine rings is 1. The van der Waals surface area contributed by atoms with Gasteiger partial charge in [0.25, 0.3) is 5.91 Å². The van der Waals surface area contributed by atoms with Crippen LogP contribution in [0, 0.1) is 0 Å². The van der Waals surface area contributed by atoms with Crippen LogP contribution < -0.4 is 10.9 Å². The minimum absolute atomic E-state index is 0.206. The first-order valence-electron chi connectivity index (χ1n) is 4.91. The van der Waals surface area contributed by atoms with Crippen molar-refractivity contribution in [3.8, 4) is 0 Å². The molecule has 15 heavy (non-hydrogen) atoms. The number of carbonyl (C=O) groups excluding carboxylic acids is 1. The van der Waals surface area contributed by atoms with E-state index in [9.17, 15) is 4.79 Å². The standard InChI is InChI=1S/C10H13N3O2/c14-10(9-3-1-2-5-11-9)13-12-8-4-6-15-7-8/h1-3,5,8,12H,4,6-7H2,(H,13,14). The topological polar surface area (TPSA) is 63.2 Å². The third-order valence-corrected chi connectivity index (χ3v) is 2.22. The molecule has 1 aliphatic rings. The zero-order chi connectivity index (χ0) is 10.5. The molecule has 1 atom stereocenters. The maximum Gasteiger partial charge on any atom is 0.283 e. The Hall–Kier alpha value is -1.46. The van der Waals surface area contributed by atoms with Gasteiger partial charge in [0.05, 0.1) is 12.6 Å². The Kier molecular flexibility index (Phi) is 3.26. The van der Waals surface area contributed by atoms with Crippen molar-refractivity contribution in [3.05, 3.63) is 30.1 Å². The lowest BCUT2D eigenvalue weighted by atomic mass is 10.3. The predicted octanol–water partition coefficient (Wildman–Crippen LogP) is 0.105. The Morgan fingerprint density at radius 2 is 2.47 bits per heavy atom. The number of carbonyl (C=O) groups is 1. The van der Waals surface area contributed by atoms with Gasteiger partial charge in [-0.1, -0.05) is 6.07 Å². The molecule has 1 fully saturated rings. The van der Waals surface area contributed by atoms with Gasteiger partial charge in [-0.2, -0.15) is 0 Å². The number of nitrogens with zero attached hydrogens (tertiary/aromatic N) is 1. The number of hydrogen-bond acceptors (Lipinski definition) is 4. The lowest BCUT2D eigenvalue weighted by molar-refractivity contribution is 0.0917. The molecule has 2 rings (SSSR count). The summed E-state index contributed by atoms with van der Waals surface area (Å²) in [5.41, 5.74) is 5.93. The average molecular weight is 207 g/mol. The SMILES string of the molecule is O=C(NNC1CCOC1)c1ccccn1. The summed E-state index contributed by atoms with van der Waals surface area (Å²) in [4.78, 5) is 15.5. The van der Waals surface area contributed by atoms with E-state index in [1.165, 1.54) is 0 Å². The molecule has 1 unspecified atom stereocenters. The van der Waals surface area contributed by atoms with Gasteiger partial charge in [-0.05, 0) is 18.6 Å². The molecule has 1 amide bonds. The fraction of sp³-hybridized carbons (Fsp3) is 0.400. The Morgan fingerprint density at radius 1 is 1.53 bits per heavy atom. The smallest absolute Gasteiger partial charge is 0.283 e. The summed E-state index contributed by atoms with van der Waals surface area (Å²) in [6.45, 7) is 1.39. The number of rotatable bonds is 3. The summed E-state index contributed by atoms with van der Waals surface area (Å²) in [5.74, 6) is -0.220. The van der Waals surface area contributed by atoms with Gasteiger partial charge in [0.15, 0.2) is 0 Å². The van der Waals surface area contributed by atoms with Gasteiger partial charge < -0.3 is 4.74 Å². The van der Waals surface area contributed by atoms with Gasteiger partial charge in [-0.25, -0.2) is 5.43 Å². The third kappa shape index (κ3) is 2.74. The van der Waals surface area contributed by atoms with Gasteiger partial charge in [0.2, 0.25) is 0 Å². The fourth-order valence-corrected chi connectivity index (χ4v) is 1.38. The Bertz CT molecular complexity index is 323. The van der Waals surface area contributed by atoms with E-state index in [1.807, 2.05) is 0 Å². The lowest BCUT2D eigenvalue weighted by Crippen LogP contribution is -2.44. The second kappa shape index (κ2) is 4.86. The minimum Gasteiger partial charge on any atom is -0.380 e. The molecule has 0 radical (unpaired) electrons. The summed E-state index contributed by atoms with van der Waals surface area (Å²) in [7, 11) is 0. The maximum absolute atomic E-state index is 11.5. The molecule has 1 aromatic rings. The molecule has 0 aliphatic carbocycles. The second-order valence-electron chi connectivity index (χ2n) is 3.37. The molecule has 0 saturated carbocycles. The molecule has 5 nitrogen and oxygen atoms in total. The molecule has 1 aliphatic heterocycles. The summed E-state index contributed by atoms with van der Waals surface area (Å²) < 4.78 is 5.17. The largest absolute Gasteiger partial charge is 0.380 e. The number of amides is 1. The minimum atomic E-state index is -0.220. The van der Waals surface area contributed by atoms with Crippen molar-refractivity contribution in [2.24, 2.45) is 0 Å². The number of nitrogens with one attached hydrogen (secondary N) is 2. The molecule has 0 spiro atoms. The summed E-state index contributed by atoms with van der Waals surface area (Å²) in [6.07, 6.45) is 2.51. The molecule has 80 valence electrons. The lowest BCUT2D eigenvalue weighted by Gasteiger charge is -2.11. The van der Waals surface area contributed by atoms with Gasteiger partial charge in [0, 0.05) is 12.8 Å². The zero-order valence-electron chi connectivity index (χ0n) is 8.27. The van der Waals surface area contributed by atoms with Gasteiger partial charge in [0.1, 0.15) is 5.69 Å². The van der Waals surface area contributed by atoms with Gasteiger partial charge in [-0.3, -0.25) is 15.2 Å². The van der Waals surface area contributed by atoms with Crippen LogP contribution in [0.2, 0.25) is 0 Å². The first-order valence-corrected chi connectivity index (χ1v) is 4.91. The van der Waals surface area contributed by atoms with Crippen LogP contribution in [-0.2, 0) is 4.74 Å². The van der Waals surface area contributed by atoms with Crippen molar-refractivity contribution >= 4 is 5.91 Å². The number of aromatic nitrogens is 1. The number of hydrogen-bond donors (Lipinski definition) is 2. The van der Waals surface area contributed by atoms with Crippen LogP contribution in [0.1, 0.15) is 16.9 Å². The maximum atomic E-state index is 11.5. The summed E-state index contributed by atoms with van der Waals surface area (Å²) in [6, 6.07) is 5.43. The molecular weight excluding hydrogens is 194 g/mol. The molecule has 1 saturated heterocycles. The predicted molar refractivity (Wildman–Crippen MR) is 54.1 cm³/mol. The van der Waals surface area contributed by atoms with Crippen LogP contribution in [0.5, 0.6) is 0 Å².